The van der Waals surface area contributed by atoms with Crippen molar-refractivity contribution in [3.05, 3.63) is 29.3 Å². The third-order valence-electron chi connectivity index (χ3n) is 3.00. The Kier molecular flexibility index (Phi) is 2.83. The molecule has 4 heteroatoms. The highest BCUT2D eigenvalue weighted by molar-refractivity contribution is 5.72. The van der Waals surface area contributed by atoms with Crippen molar-refractivity contribution >= 4 is 5.97 Å². The molecule has 2 unspecified atom stereocenters. The number of carboxylic acids is 1. The van der Waals surface area contributed by atoms with Crippen molar-refractivity contribution in [3.8, 4) is 5.75 Å². The molecule has 0 bridgehead atoms. The highest BCUT2D eigenvalue weighted by Gasteiger charge is 2.32. The molecule has 1 aliphatic rings. The molecule has 0 saturated heterocycles. The van der Waals surface area contributed by atoms with E-state index in [4.69, 9.17) is 15.6 Å². The lowest BCUT2D eigenvalue weighted by atomic mass is 9.91. The summed E-state index contributed by atoms with van der Waals surface area (Å²) in [4.78, 5) is 11.0. The number of fused-ring (bicyclic) bond motifs is 1. The fraction of sp³-hybridized carbons (Fsp3) is 0.417. The van der Waals surface area contributed by atoms with Crippen molar-refractivity contribution < 1.29 is 14.6 Å². The SMILES string of the molecule is CC1Oc2cc(CN)ccc2CC1C(=O)O. The van der Waals surface area contributed by atoms with Gasteiger partial charge in [0.05, 0.1) is 5.92 Å². The van der Waals surface area contributed by atoms with Crippen LogP contribution in [0, 0.1) is 5.92 Å². The van der Waals surface area contributed by atoms with E-state index in [1.54, 1.807) is 6.92 Å². The molecule has 0 spiro atoms. The van der Waals surface area contributed by atoms with E-state index < -0.39 is 11.9 Å². The Morgan fingerprint density at radius 1 is 1.62 bits per heavy atom. The van der Waals surface area contributed by atoms with Crippen molar-refractivity contribution in [1.82, 2.24) is 0 Å². The molecular formula is C12H15NO3. The smallest absolute Gasteiger partial charge is 0.310 e. The average Bonchev–Trinajstić information content (AvgIpc) is 2.27. The first-order valence-corrected chi connectivity index (χ1v) is 5.33. The van der Waals surface area contributed by atoms with E-state index >= 15 is 0 Å². The predicted molar refractivity (Wildman–Crippen MR) is 59.3 cm³/mol. The molecule has 0 fully saturated rings. The van der Waals surface area contributed by atoms with Crippen LogP contribution >= 0.6 is 0 Å². The van der Waals surface area contributed by atoms with Crippen molar-refractivity contribution in [2.24, 2.45) is 11.7 Å². The second-order valence-electron chi connectivity index (χ2n) is 4.12. The summed E-state index contributed by atoms with van der Waals surface area (Å²) in [6, 6.07) is 5.71. The first-order valence-electron chi connectivity index (χ1n) is 5.33. The first kappa shape index (κ1) is 11.0. The molecule has 86 valence electrons. The number of hydrogen-bond acceptors (Lipinski definition) is 3. The molecule has 16 heavy (non-hydrogen) atoms. The van der Waals surface area contributed by atoms with Crippen LogP contribution < -0.4 is 10.5 Å². The second-order valence-corrected chi connectivity index (χ2v) is 4.12. The minimum absolute atomic E-state index is 0.293. The van der Waals surface area contributed by atoms with E-state index in [1.165, 1.54) is 0 Å². The zero-order chi connectivity index (χ0) is 11.7. The van der Waals surface area contributed by atoms with Crippen molar-refractivity contribution in [2.75, 3.05) is 0 Å². The number of benzene rings is 1. The number of carboxylic acid groups (broad SMARTS) is 1. The average molecular weight is 221 g/mol. The summed E-state index contributed by atoms with van der Waals surface area (Å²) in [6.07, 6.45) is 0.231. The molecule has 2 rings (SSSR count). The molecule has 0 aliphatic carbocycles. The van der Waals surface area contributed by atoms with Gasteiger partial charge < -0.3 is 15.6 Å². The Hall–Kier alpha value is -1.55. The van der Waals surface area contributed by atoms with Crippen LogP contribution in [0.25, 0.3) is 0 Å². The number of carbonyl (C=O) groups is 1. The molecule has 3 N–H and O–H groups in total. The minimum atomic E-state index is -0.805. The molecule has 0 radical (unpaired) electrons. The number of ether oxygens (including phenoxy) is 1. The summed E-state index contributed by atoms with van der Waals surface area (Å²) in [5, 5.41) is 9.04. The van der Waals surface area contributed by atoms with Gasteiger partial charge in [-0.05, 0) is 30.5 Å². The van der Waals surface area contributed by atoms with Gasteiger partial charge in [-0.2, -0.15) is 0 Å². The molecule has 0 saturated carbocycles. The van der Waals surface area contributed by atoms with E-state index in [9.17, 15) is 4.79 Å². The van der Waals surface area contributed by atoms with E-state index in [0.717, 1.165) is 16.9 Å². The van der Waals surface area contributed by atoms with Gasteiger partial charge in [-0.3, -0.25) is 4.79 Å². The fourth-order valence-electron chi connectivity index (χ4n) is 1.98. The molecule has 1 aliphatic heterocycles. The highest BCUT2D eigenvalue weighted by atomic mass is 16.5. The largest absolute Gasteiger partial charge is 0.490 e. The Balaban J connectivity index is 2.31. The maximum absolute atomic E-state index is 11.0. The van der Waals surface area contributed by atoms with E-state index in [-0.39, 0.29) is 6.10 Å². The Morgan fingerprint density at radius 2 is 2.38 bits per heavy atom. The summed E-state index contributed by atoms with van der Waals surface area (Å²) >= 11 is 0. The lowest BCUT2D eigenvalue weighted by molar-refractivity contribution is -0.145. The number of aliphatic carboxylic acids is 1. The molecule has 1 aromatic carbocycles. The Morgan fingerprint density at radius 3 is 3.00 bits per heavy atom. The van der Waals surface area contributed by atoms with Gasteiger partial charge in [-0.25, -0.2) is 0 Å². The topological polar surface area (TPSA) is 72.5 Å². The summed E-state index contributed by atoms with van der Waals surface area (Å²) in [5.74, 6) is -0.495. The standard InChI is InChI=1S/C12H15NO3/c1-7-10(12(14)15)5-9-3-2-8(6-13)4-11(9)16-7/h2-4,7,10H,5-6,13H2,1H3,(H,14,15). The van der Waals surface area contributed by atoms with Gasteiger partial charge in [0.2, 0.25) is 0 Å². The zero-order valence-corrected chi connectivity index (χ0v) is 9.14. The third-order valence-corrected chi connectivity index (χ3v) is 3.00. The predicted octanol–water partition coefficient (Wildman–Crippen LogP) is 1.17. The Bertz CT molecular complexity index is 417. The highest BCUT2D eigenvalue weighted by Crippen LogP contribution is 2.31. The van der Waals surface area contributed by atoms with E-state index in [0.29, 0.717) is 13.0 Å². The van der Waals surface area contributed by atoms with Gasteiger partial charge in [0.15, 0.2) is 0 Å². The van der Waals surface area contributed by atoms with Crippen LogP contribution in [-0.4, -0.2) is 17.2 Å². The lowest BCUT2D eigenvalue weighted by Gasteiger charge is -2.29. The first-order chi connectivity index (χ1) is 7.61. The molecule has 4 nitrogen and oxygen atoms in total. The fourth-order valence-corrected chi connectivity index (χ4v) is 1.98. The molecular weight excluding hydrogens is 206 g/mol. The molecule has 1 heterocycles. The Labute approximate surface area is 94.0 Å². The van der Waals surface area contributed by atoms with Crippen LogP contribution in [0.15, 0.2) is 18.2 Å². The van der Waals surface area contributed by atoms with E-state index in [2.05, 4.69) is 0 Å². The van der Waals surface area contributed by atoms with Gasteiger partial charge in [-0.15, -0.1) is 0 Å². The van der Waals surface area contributed by atoms with Crippen molar-refractivity contribution in [2.45, 2.75) is 26.0 Å². The van der Waals surface area contributed by atoms with Gasteiger partial charge >= 0.3 is 5.97 Å². The van der Waals surface area contributed by atoms with Gasteiger partial charge in [0.25, 0.3) is 0 Å². The normalized spacial score (nSPS) is 23.4. The minimum Gasteiger partial charge on any atom is -0.490 e. The second kappa shape index (κ2) is 4.14. The van der Waals surface area contributed by atoms with Crippen LogP contribution in [0.1, 0.15) is 18.1 Å². The molecule has 2 atom stereocenters. The molecule has 0 aromatic heterocycles. The number of nitrogens with two attached hydrogens (primary N) is 1. The molecule has 0 amide bonds. The van der Waals surface area contributed by atoms with Crippen LogP contribution in [0.4, 0.5) is 0 Å². The van der Waals surface area contributed by atoms with Crippen LogP contribution in [0.2, 0.25) is 0 Å². The third kappa shape index (κ3) is 1.88. The van der Waals surface area contributed by atoms with Gasteiger partial charge in [0, 0.05) is 6.54 Å². The zero-order valence-electron chi connectivity index (χ0n) is 9.14. The van der Waals surface area contributed by atoms with Crippen molar-refractivity contribution in [3.63, 3.8) is 0 Å². The van der Waals surface area contributed by atoms with E-state index in [1.807, 2.05) is 18.2 Å². The molecule has 1 aromatic rings. The van der Waals surface area contributed by atoms with Crippen molar-refractivity contribution in [1.29, 1.82) is 0 Å². The lowest BCUT2D eigenvalue weighted by Crippen LogP contribution is -2.35. The monoisotopic (exact) mass is 221 g/mol. The quantitative estimate of drug-likeness (QED) is 0.786. The van der Waals surface area contributed by atoms with Gasteiger partial charge in [0.1, 0.15) is 11.9 Å². The van der Waals surface area contributed by atoms with Gasteiger partial charge in [-0.1, -0.05) is 12.1 Å². The number of rotatable bonds is 2. The van der Waals surface area contributed by atoms with Crippen LogP contribution in [0.3, 0.4) is 0 Å². The maximum atomic E-state index is 11.0. The summed E-state index contributed by atoms with van der Waals surface area (Å²) < 4.78 is 5.61. The van der Waals surface area contributed by atoms with Crippen LogP contribution in [-0.2, 0) is 17.8 Å². The maximum Gasteiger partial charge on any atom is 0.310 e. The summed E-state index contributed by atoms with van der Waals surface area (Å²) in [6.45, 7) is 2.25. The summed E-state index contributed by atoms with van der Waals surface area (Å²) in [5.41, 5.74) is 7.49. The van der Waals surface area contributed by atoms with Crippen LogP contribution in [0.5, 0.6) is 5.75 Å². The number of hydrogen-bond donors (Lipinski definition) is 2. The summed E-state index contributed by atoms with van der Waals surface area (Å²) in [7, 11) is 0.